The molecule has 1 saturated heterocycles. The van der Waals surface area contributed by atoms with Gasteiger partial charge in [-0.05, 0) is 78.6 Å². The lowest BCUT2D eigenvalue weighted by Crippen LogP contribution is -2.49. The van der Waals surface area contributed by atoms with Gasteiger partial charge in [-0.2, -0.15) is 0 Å². The molecule has 2 N–H and O–H groups in total. The molecule has 40 heavy (non-hydrogen) atoms. The van der Waals surface area contributed by atoms with E-state index < -0.39 is 0 Å². The number of fused-ring (bicyclic) bond motifs is 1. The molecule has 7 nitrogen and oxygen atoms in total. The minimum Gasteiger partial charge on any atom is -0.493 e. The monoisotopic (exact) mass is 541 g/mol. The number of anilines is 1. The SMILES string of the molecule is COc1ccc(CN2C[C@@H](C(=O)NCCc3ccccc3)C[C@@H](C(=O)Nc3ccc4c(c3)CCC4)C2)cc1OC. The van der Waals surface area contributed by atoms with E-state index in [1.807, 2.05) is 42.5 Å². The minimum absolute atomic E-state index is 0.00303. The Hall–Kier alpha value is -3.84. The number of benzene rings is 3. The zero-order valence-electron chi connectivity index (χ0n) is 23.4. The van der Waals surface area contributed by atoms with Gasteiger partial charge in [0.05, 0.1) is 26.1 Å². The van der Waals surface area contributed by atoms with E-state index in [9.17, 15) is 9.59 Å². The Balaban J connectivity index is 1.28. The number of amides is 2. The first kappa shape index (κ1) is 27.7. The van der Waals surface area contributed by atoms with Gasteiger partial charge in [0.2, 0.25) is 11.8 Å². The molecular weight excluding hydrogens is 502 g/mol. The summed E-state index contributed by atoms with van der Waals surface area (Å²) in [5.74, 6) is 0.734. The molecule has 1 aliphatic carbocycles. The third-order valence-electron chi connectivity index (χ3n) is 8.04. The summed E-state index contributed by atoms with van der Waals surface area (Å²) in [6, 6.07) is 22.2. The van der Waals surface area contributed by atoms with Crippen molar-refractivity contribution in [1.82, 2.24) is 10.2 Å². The van der Waals surface area contributed by atoms with Gasteiger partial charge in [0.1, 0.15) is 0 Å². The fourth-order valence-electron chi connectivity index (χ4n) is 5.95. The van der Waals surface area contributed by atoms with E-state index in [2.05, 4.69) is 39.8 Å². The molecule has 0 aromatic heterocycles. The number of rotatable bonds is 10. The summed E-state index contributed by atoms with van der Waals surface area (Å²) in [5, 5.41) is 6.27. The normalized spacial score (nSPS) is 18.6. The standard InChI is InChI=1S/C33H39N3O4/c1-39-30-14-11-24(17-31(30)40-2)20-36-21-27(32(37)34-16-15-23-7-4-3-5-8-23)18-28(22-36)33(38)35-29-13-12-25-9-6-10-26(25)19-29/h3-5,7-8,11-14,17,19,27-28H,6,9-10,15-16,18,20-22H2,1-2H3,(H,34,37)(H,35,38)/t27-,28+/m0/s1. The Kier molecular flexibility index (Phi) is 9.01. The van der Waals surface area contributed by atoms with Crippen LogP contribution in [0.15, 0.2) is 66.7 Å². The van der Waals surface area contributed by atoms with Crippen LogP contribution in [-0.4, -0.2) is 50.6 Å². The molecule has 3 aromatic carbocycles. The maximum atomic E-state index is 13.5. The second kappa shape index (κ2) is 13.0. The smallest absolute Gasteiger partial charge is 0.228 e. The molecule has 1 fully saturated rings. The summed E-state index contributed by atoms with van der Waals surface area (Å²) in [4.78, 5) is 29.0. The van der Waals surface area contributed by atoms with Gasteiger partial charge in [0, 0.05) is 31.9 Å². The van der Waals surface area contributed by atoms with E-state index in [0.717, 1.165) is 30.5 Å². The van der Waals surface area contributed by atoms with Crippen LogP contribution in [0.3, 0.4) is 0 Å². The Labute approximate surface area is 236 Å². The summed E-state index contributed by atoms with van der Waals surface area (Å²) in [6.45, 7) is 2.35. The fourth-order valence-corrected chi connectivity index (χ4v) is 5.95. The van der Waals surface area contributed by atoms with Crippen molar-refractivity contribution in [3.8, 4) is 11.5 Å². The average Bonchev–Trinajstić information content (AvgIpc) is 3.45. The second-order valence-electron chi connectivity index (χ2n) is 10.9. The molecule has 0 bridgehead atoms. The zero-order valence-corrected chi connectivity index (χ0v) is 23.4. The van der Waals surface area contributed by atoms with Crippen LogP contribution in [0.4, 0.5) is 5.69 Å². The fraction of sp³-hybridized carbons (Fsp3) is 0.394. The number of nitrogens with one attached hydrogen (secondary N) is 2. The van der Waals surface area contributed by atoms with Crippen LogP contribution in [0.5, 0.6) is 11.5 Å². The molecule has 5 rings (SSSR count). The zero-order chi connectivity index (χ0) is 27.9. The number of likely N-dealkylation sites (tertiary alicyclic amines) is 1. The number of methoxy groups -OCH3 is 2. The maximum Gasteiger partial charge on any atom is 0.228 e. The second-order valence-corrected chi connectivity index (χ2v) is 10.9. The van der Waals surface area contributed by atoms with E-state index in [1.54, 1.807) is 14.2 Å². The van der Waals surface area contributed by atoms with Crippen molar-refractivity contribution in [3.63, 3.8) is 0 Å². The number of hydrogen-bond acceptors (Lipinski definition) is 5. The van der Waals surface area contributed by atoms with Gasteiger partial charge in [-0.15, -0.1) is 0 Å². The van der Waals surface area contributed by atoms with Gasteiger partial charge >= 0.3 is 0 Å². The first-order valence-corrected chi connectivity index (χ1v) is 14.2. The van der Waals surface area contributed by atoms with E-state index >= 15 is 0 Å². The number of ether oxygens (including phenoxy) is 2. The number of hydrogen-bond donors (Lipinski definition) is 2. The maximum absolute atomic E-state index is 13.5. The largest absolute Gasteiger partial charge is 0.493 e. The quantitative estimate of drug-likeness (QED) is 0.391. The summed E-state index contributed by atoms with van der Waals surface area (Å²) in [5.41, 5.74) is 5.77. The summed E-state index contributed by atoms with van der Waals surface area (Å²) >= 11 is 0. The van der Waals surface area contributed by atoms with Gasteiger partial charge in [-0.25, -0.2) is 0 Å². The van der Waals surface area contributed by atoms with Crippen molar-refractivity contribution >= 4 is 17.5 Å². The number of carbonyl (C=O) groups is 2. The van der Waals surface area contributed by atoms with E-state index in [1.165, 1.54) is 23.1 Å². The van der Waals surface area contributed by atoms with Crippen molar-refractivity contribution in [1.29, 1.82) is 0 Å². The lowest BCUT2D eigenvalue weighted by atomic mass is 9.87. The molecule has 2 aliphatic rings. The lowest BCUT2D eigenvalue weighted by Gasteiger charge is -2.36. The van der Waals surface area contributed by atoms with Gasteiger partial charge < -0.3 is 20.1 Å². The number of carbonyl (C=O) groups excluding carboxylic acids is 2. The molecule has 3 aromatic rings. The van der Waals surface area contributed by atoms with Crippen molar-refractivity contribution in [2.24, 2.45) is 11.8 Å². The highest BCUT2D eigenvalue weighted by molar-refractivity contribution is 5.93. The highest BCUT2D eigenvalue weighted by Crippen LogP contribution is 2.31. The summed E-state index contributed by atoms with van der Waals surface area (Å²) in [6.07, 6.45) is 4.64. The van der Waals surface area contributed by atoms with Crippen molar-refractivity contribution in [3.05, 3.63) is 89.0 Å². The van der Waals surface area contributed by atoms with Crippen LogP contribution >= 0.6 is 0 Å². The van der Waals surface area contributed by atoms with Crippen molar-refractivity contribution in [2.45, 2.75) is 38.6 Å². The van der Waals surface area contributed by atoms with Gasteiger partial charge in [-0.1, -0.05) is 42.5 Å². The first-order valence-electron chi connectivity index (χ1n) is 14.2. The molecule has 210 valence electrons. The molecule has 1 aliphatic heterocycles. The predicted octanol–water partition coefficient (Wildman–Crippen LogP) is 4.63. The molecule has 2 atom stereocenters. The topological polar surface area (TPSA) is 79.9 Å². The minimum atomic E-state index is -0.299. The molecule has 0 spiro atoms. The van der Waals surface area contributed by atoms with E-state index in [-0.39, 0.29) is 23.7 Å². The van der Waals surface area contributed by atoms with E-state index in [0.29, 0.717) is 44.1 Å². The number of aryl methyl sites for hydroxylation is 2. The van der Waals surface area contributed by atoms with Crippen LogP contribution in [0.1, 0.15) is 35.1 Å². The number of nitrogens with zero attached hydrogens (tertiary/aromatic N) is 1. The van der Waals surface area contributed by atoms with Crippen LogP contribution in [0.2, 0.25) is 0 Å². The molecule has 2 amide bonds. The molecule has 1 heterocycles. The van der Waals surface area contributed by atoms with Crippen LogP contribution in [0.25, 0.3) is 0 Å². The molecule has 0 radical (unpaired) electrons. The first-order chi connectivity index (χ1) is 19.5. The highest BCUT2D eigenvalue weighted by Gasteiger charge is 2.35. The third kappa shape index (κ3) is 6.83. The highest BCUT2D eigenvalue weighted by atomic mass is 16.5. The van der Waals surface area contributed by atoms with Gasteiger partial charge in [0.25, 0.3) is 0 Å². The van der Waals surface area contributed by atoms with Gasteiger partial charge in [-0.3, -0.25) is 14.5 Å². The van der Waals surface area contributed by atoms with Crippen molar-refractivity contribution in [2.75, 3.05) is 39.2 Å². The average molecular weight is 542 g/mol. The Morgan fingerprint density at radius 2 is 1.57 bits per heavy atom. The molecule has 0 unspecified atom stereocenters. The number of piperidine rings is 1. The Bertz CT molecular complexity index is 1330. The molecule has 0 saturated carbocycles. The van der Waals surface area contributed by atoms with E-state index in [4.69, 9.17) is 9.47 Å². The molecular formula is C33H39N3O4. The summed E-state index contributed by atoms with van der Waals surface area (Å²) in [7, 11) is 3.24. The Morgan fingerprint density at radius 3 is 2.35 bits per heavy atom. The lowest BCUT2D eigenvalue weighted by molar-refractivity contribution is -0.130. The molecule has 7 heteroatoms. The summed E-state index contributed by atoms with van der Waals surface area (Å²) < 4.78 is 10.9. The van der Waals surface area contributed by atoms with Gasteiger partial charge in [0.15, 0.2) is 11.5 Å². The van der Waals surface area contributed by atoms with Crippen LogP contribution in [0, 0.1) is 11.8 Å². The predicted molar refractivity (Wildman–Crippen MR) is 157 cm³/mol. The third-order valence-corrected chi connectivity index (χ3v) is 8.04. The van der Waals surface area contributed by atoms with Crippen LogP contribution in [-0.2, 0) is 35.4 Å². The van der Waals surface area contributed by atoms with Crippen LogP contribution < -0.4 is 20.1 Å². The van der Waals surface area contributed by atoms with Crippen molar-refractivity contribution < 1.29 is 19.1 Å². The Morgan fingerprint density at radius 1 is 0.825 bits per heavy atom.